The van der Waals surface area contributed by atoms with Gasteiger partial charge in [-0.2, -0.15) is 0 Å². The molecule has 53 heavy (non-hydrogen) atoms. The zero-order valence-electron chi connectivity index (χ0n) is 36.4. The highest BCUT2D eigenvalue weighted by atomic mass is 31.2. The van der Waals surface area contributed by atoms with E-state index in [1.165, 1.54) is 118 Å². The van der Waals surface area contributed by atoms with Gasteiger partial charge >= 0.3 is 0 Å². The van der Waals surface area contributed by atoms with Crippen LogP contribution in [0.4, 0.5) is 0 Å². The van der Waals surface area contributed by atoms with Crippen LogP contribution in [0, 0.1) is 0 Å². The Hall–Kier alpha value is -2.15. The minimum absolute atomic E-state index is 0.0123. The van der Waals surface area contributed by atoms with E-state index in [0.717, 1.165) is 29.5 Å². The summed E-state index contributed by atoms with van der Waals surface area (Å²) in [5.74, 6) is 0.826. The van der Waals surface area contributed by atoms with E-state index in [4.69, 9.17) is 4.52 Å². The molecule has 0 fully saturated rings. The van der Waals surface area contributed by atoms with E-state index < -0.39 is 8.38 Å². The Morgan fingerprint density at radius 1 is 0.472 bits per heavy atom. The van der Waals surface area contributed by atoms with E-state index >= 15 is 0 Å². The largest absolute Gasteiger partial charge is 0.444 e. The molecule has 0 heterocycles. The van der Waals surface area contributed by atoms with Crippen molar-refractivity contribution in [3.8, 4) is 16.9 Å². The lowest BCUT2D eigenvalue weighted by Crippen LogP contribution is -2.23. The maximum absolute atomic E-state index is 12.2. The Labute approximate surface area is 329 Å². The van der Waals surface area contributed by atoms with Crippen molar-refractivity contribution in [3.05, 3.63) is 82.9 Å². The number of rotatable bonds is 24. The van der Waals surface area contributed by atoms with E-state index in [9.17, 15) is 4.89 Å². The molecule has 0 saturated heterocycles. The Kier molecular flexibility index (Phi) is 17.6. The molecule has 3 heteroatoms. The second-order valence-electron chi connectivity index (χ2n) is 18.7. The van der Waals surface area contributed by atoms with Gasteiger partial charge in [0.05, 0.1) is 0 Å². The average molecular weight is 743 g/mol. The third-order valence-electron chi connectivity index (χ3n) is 12.2. The molecule has 296 valence electrons. The van der Waals surface area contributed by atoms with Crippen molar-refractivity contribution < 1.29 is 9.42 Å². The maximum atomic E-state index is 12.2. The number of hydrogen-bond acceptors (Lipinski definition) is 2. The summed E-state index contributed by atoms with van der Waals surface area (Å²) >= 11 is 0. The molecule has 0 spiro atoms. The van der Waals surface area contributed by atoms with Gasteiger partial charge in [-0.15, -0.1) is 0 Å². The topological polar surface area (TPSA) is 29.5 Å². The summed E-state index contributed by atoms with van der Waals surface area (Å²) in [4.78, 5) is 12.2. The van der Waals surface area contributed by atoms with E-state index in [2.05, 4.69) is 144 Å². The van der Waals surface area contributed by atoms with Crippen LogP contribution < -0.4 is 9.83 Å². The first-order chi connectivity index (χ1) is 25.0. The van der Waals surface area contributed by atoms with Crippen LogP contribution in [-0.4, -0.2) is 4.89 Å². The quantitative estimate of drug-likeness (QED) is 0.0731. The van der Waals surface area contributed by atoms with Crippen LogP contribution in [-0.2, 0) is 21.7 Å². The van der Waals surface area contributed by atoms with Gasteiger partial charge in [0.15, 0.2) is 0 Å². The van der Waals surface area contributed by atoms with E-state index in [1.807, 2.05) is 0 Å². The summed E-state index contributed by atoms with van der Waals surface area (Å²) in [7, 11) is -1.93. The summed E-state index contributed by atoms with van der Waals surface area (Å²) in [6.07, 6.45) is 19.4. The minimum atomic E-state index is -1.93. The van der Waals surface area contributed by atoms with Gasteiger partial charge in [-0.3, -0.25) is 0 Å². The predicted molar refractivity (Wildman–Crippen MR) is 236 cm³/mol. The molecule has 3 aromatic carbocycles. The smallest absolute Gasteiger partial charge is 0.262 e. The van der Waals surface area contributed by atoms with Crippen LogP contribution in [0.3, 0.4) is 0 Å². The molecule has 1 N–H and O–H groups in total. The second-order valence-corrected chi connectivity index (χ2v) is 19.9. The fourth-order valence-electron chi connectivity index (χ4n) is 8.16. The molecule has 0 saturated carbocycles. The van der Waals surface area contributed by atoms with Gasteiger partial charge in [-0.1, -0.05) is 209 Å². The normalized spacial score (nSPS) is 13.4. The van der Waals surface area contributed by atoms with Crippen molar-refractivity contribution in [2.24, 2.45) is 0 Å². The summed E-state index contributed by atoms with van der Waals surface area (Å²) < 4.78 is 6.81. The number of unbranched alkanes of at least 4 members (excludes halogenated alkanes) is 8. The molecule has 1 unspecified atom stereocenters. The molecule has 3 aromatic rings. The molecule has 3 rings (SSSR count). The molecule has 0 amide bonds. The lowest BCUT2D eigenvalue weighted by Gasteiger charge is -2.33. The Bertz CT molecular complexity index is 1530. The van der Waals surface area contributed by atoms with Crippen LogP contribution >= 0.6 is 8.38 Å². The molecular weight excluding hydrogens is 664 g/mol. The molecule has 0 radical (unpaired) electrons. The van der Waals surface area contributed by atoms with Gasteiger partial charge in [-0.25, -0.2) is 0 Å². The second kappa shape index (κ2) is 20.7. The molecule has 0 aliphatic carbocycles. The van der Waals surface area contributed by atoms with Crippen molar-refractivity contribution in [2.75, 3.05) is 0 Å². The molecule has 2 nitrogen and oxygen atoms in total. The Balaban J connectivity index is 2.12. The van der Waals surface area contributed by atoms with Gasteiger partial charge in [0.2, 0.25) is 0 Å². The van der Waals surface area contributed by atoms with E-state index in [-0.39, 0.29) is 21.7 Å². The predicted octanol–water partition coefficient (Wildman–Crippen LogP) is 15.8. The SMILES string of the molecule is CCCCCC(C)(C)c1ccc(OP(O)c2ccccc2-c2ccc(C(C)(C)CCCCC)cc2C(C)(C)CCCCC)c(C(C)(C)CCCCC)c1. The zero-order valence-corrected chi connectivity index (χ0v) is 37.3. The van der Waals surface area contributed by atoms with Crippen LogP contribution in [0.5, 0.6) is 5.75 Å². The molecule has 0 aliphatic rings. The number of hydrogen-bond donors (Lipinski definition) is 1. The molecule has 0 aromatic heterocycles. The third-order valence-corrected chi connectivity index (χ3v) is 13.4. The minimum Gasteiger partial charge on any atom is -0.444 e. The van der Waals surface area contributed by atoms with E-state index in [0.29, 0.717) is 0 Å². The lowest BCUT2D eigenvalue weighted by atomic mass is 9.72. The van der Waals surface area contributed by atoms with Gasteiger partial charge in [0.25, 0.3) is 8.38 Å². The fourth-order valence-corrected chi connectivity index (χ4v) is 9.21. The Morgan fingerprint density at radius 2 is 0.887 bits per heavy atom. The standard InChI is InChI=1S/C50H79O2P/c1-13-17-23-33-47(5,6)39-29-31-41(43(37-39)49(9,10)35-25-19-15-3)42-27-21-22-28-46(42)53(51)52-45-32-30-40(48(7,8)34-24-18-14-2)38-44(45)50(11,12)36-26-20-16-4/h21-22,27-32,37-38,51H,13-20,23-26,33-36H2,1-12H3. The van der Waals surface area contributed by atoms with Gasteiger partial charge < -0.3 is 9.42 Å². The zero-order chi connectivity index (χ0) is 39.3. The summed E-state index contributed by atoms with van der Waals surface area (Å²) in [5, 5.41) is 0.891. The highest BCUT2D eigenvalue weighted by molar-refractivity contribution is 7.55. The summed E-state index contributed by atoms with van der Waals surface area (Å²) in [6.45, 7) is 28.3. The first kappa shape index (κ1) is 45.2. The Morgan fingerprint density at radius 3 is 1.38 bits per heavy atom. The summed E-state index contributed by atoms with van der Waals surface area (Å²) in [5.41, 5.74) is 7.81. The molecule has 0 aliphatic heterocycles. The first-order valence-electron chi connectivity index (χ1n) is 21.6. The van der Waals surface area contributed by atoms with Crippen molar-refractivity contribution >= 4 is 13.7 Å². The molecule has 1 atom stereocenters. The molecule has 0 bridgehead atoms. The first-order valence-corrected chi connectivity index (χ1v) is 22.8. The van der Waals surface area contributed by atoms with Crippen LogP contribution in [0.15, 0.2) is 60.7 Å². The fraction of sp³-hybridized carbons (Fsp3) is 0.640. The third kappa shape index (κ3) is 12.7. The van der Waals surface area contributed by atoms with Crippen molar-refractivity contribution in [2.45, 2.75) is 207 Å². The average Bonchev–Trinajstić information content (AvgIpc) is 3.11. The van der Waals surface area contributed by atoms with Crippen LogP contribution in [0.25, 0.3) is 11.1 Å². The van der Waals surface area contributed by atoms with Crippen molar-refractivity contribution in [3.63, 3.8) is 0 Å². The monoisotopic (exact) mass is 743 g/mol. The van der Waals surface area contributed by atoms with Crippen LogP contribution in [0.2, 0.25) is 0 Å². The number of benzene rings is 3. The van der Waals surface area contributed by atoms with Gasteiger partial charge in [0.1, 0.15) is 5.75 Å². The highest BCUT2D eigenvalue weighted by Gasteiger charge is 2.32. The molecular formula is C50H79O2P. The van der Waals surface area contributed by atoms with Gasteiger partial charge in [-0.05, 0) is 87.3 Å². The van der Waals surface area contributed by atoms with Gasteiger partial charge in [0, 0.05) is 10.9 Å². The van der Waals surface area contributed by atoms with Crippen molar-refractivity contribution in [1.29, 1.82) is 0 Å². The highest BCUT2D eigenvalue weighted by Crippen LogP contribution is 2.47. The summed E-state index contributed by atoms with van der Waals surface area (Å²) in [6, 6.07) is 22.6. The van der Waals surface area contributed by atoms with Crippen molar-refractivity contribution in [1.82, 2.24) is 0 Å². The van der Waals surface area contributed by atoms with Crippen LogP contribution in [0.1, 0.15) is 208 Å². The maximum Gasteiger partial charge on any atom is 0.262 e. The lowest BCUT2D eigenvalue weighted by molar-refractivity contribution is 0.420. The van der Waals surface area contributed by atoms with E-state index in [1.54, 1.807) is 0 Å².